The van der Waals surface area contributed by atoms with Crippen LogP contribution >= 0.6 is 23.3 Å². The molecule has 1 aromatic carbocycles. The first kappa shape index (κ1) is 18.4. The minimum absolute atomic E-state index is 0.0270. The Bertz CT molecular complexity index is 835. The molecule has 2 aromatic rings. The van der Waals surface area contributed by atoms with Crippen LogP contribution in [0.25, 0.3) is 0 Å². The van der Waals surface area contributed by atoms with Crippen molar-refractivity contribution in [3.05, 3.63) is 35.9 Å². The molecule has 0 aliphatic carbocycles. The van der Waals surface area contributed by atoms with E-state index in [0.717, 1.165) is 48.2 Å². The molecular weight excluding hydrogens is 392 g/mol. The first-order valence-electron chi connectivity index (χ1n) is 9.89. The van der Waals surface area contributed by atoms with Gasteiger partial charge in [-0.25, -0.2) is 0 Å². The summed E-state index contributed by atoms with van der Waals surface area (Å²) in [4.78, 5) is 16.0. The summed E-state index contributed by atoms with van der Waals surface area (Å²) in [6, 6.07) is 11.3. The van der Waals surface area contributed by atoms with E-state index in [1.807, 2.05) is 24.3 Å². The highest BCUT2D eigenvalue weighted by atomic mass is 32.2. The van der Waals surface area contributed by atoms with Crippen LogP contribution in [0, 0.1) is 0 Å². The van der Waals surface area contributed by atoms with Gasteiger partial charge >= 0.3 is 0 Å². The van der Waals surface area contributed by atoms with Crippen LogP contribution in [0.4, 0.5) is 5.00 Å². The smallest absolute Gasteiger partial charge is 0.251 e. The number of carbonyl (C=O) groups is 1. The average molecular weight is 417 g/mol. The number of carbonyl (C=O) groups excluding carboxylic acids is 1. The van der Waals surface area contributed by atoms with Crippen molar-refractivity contribution in [2.24, 2.45) is 0 Å². The van der Waals surface area contributed by atoms with E-state index < -0.39 is 0 Å². The molecule has 3 saturated heterocycles. The summed E-state index contributed by atoms with van der Waals surface area (Å²) < 4.78 is 9.98. The molecule has 2 N–H and O–H groups in total. The number of rotatable bonds is 5. The minimum Gasteiger partial charge on any atom is -0.378 e. The molecule has 2 bridgehead atoms. The molecule has 0 saturated carbocycles. The second-order valence-electron chi connectivity index (χ2n) is 7.59. The number of anilines is 1. The number of morpholine rings is 1. The Morgan fingerprint density at radius 1 is 1.25 bits per heavy atom. The van der Waals surface area contributed by atoms with Crippen LogP contribution in [0.2, 0.25) is 0 Å². The molecule has 3 atom stereocenters. The third-order valence-corrected chi connectivity index (χ3v) is 7.65. The van der Waals surface area contributed by atoms with Gasteiger partial charge in [-0.2, -0.15) is 4.37 Å². The van der Waals surface area contributed by atoms with Gasteiger partial charge < -0.3 is 20.3 Å². The summed E-state index contributed by atoms with van der Waals surface area (Å²) in [5.41, 5.74) is 0.722. The zero-order valence-corrected chi connectivity index (χ0v) is 17.2. The first-order valence-corrected chi connectivity index (χ1v) is 11.5. The maximum absolute atomic E-state index is 12.6. The van der Waals surface area contributed by atoms with Crippen molar-refractivity contribution in [2.45, 2.75) is 47.3 Å². The van der Waals surface area contributed by atoms with Gasteiger partial charge in [-0.1, -0.05) is 11.8 Å². The van der Waals surface area contributed by atoms with Crippen LogP contribution in [-0.2, 0) is 4.74 Å². The molecule has 3 aliphatic heterocycles. The number of hydrogen-bond donors (Lipinski definition) is 2. The summed E-state index contributed by atoms with van der Waals surface area (Å²) in [5, 5.41) is 8.96. The van der Waals surface area contributed by atoms with E-state index in [-0.39, 0.29) is 11.9 Å². The Hall–Kier alpha value is -1.61. The molecule has 8 heteroatoms. The zero-order chi connectivity index (χ0) is 18.9. The standard InChI is InChI=1S/C20H24N4O2S2/c25-20(22-17-11-14-3-6-16(17)21-14)13-1-4-15(5-2-13)27-18-12-19(28-23-18)24-7-9-26-10-8-24/h1-2,4-5,12,14,16-17,21H,3,6-11H2,(H,22,25)/t14-,16+,17-/m1/s1. The van der Waals surface area contributed by atoms with E-state index in [2.05, 4.69) is 26.0 Å². The summed E-state index contributed by atoms with van der Waals surface area (Å²) in [7, 11) is 0. The van der Waals surface area contributed by atoms with E-state index in [1.165, 1.54) is 29.4 Å². The molecule has 6 nitrogen and oxygen atoms in total. The molecule has 0 spiro atoms. The predicted molar refractivity (Wildman–Crippen MR) is 112 cm³/mol. The normalized spacial score (nSPS) is 26.6. The lowest BCUT2D eigenvalue weighted by molar-refractivity contribution is 0.0931. The predicted octanol–water partition coefficient (Wildman–Crippen LogP) is 2.75. The minimum atomic E-state index is 0.0270. The van der Waals surface area contributed by atoms with Crippen molar-refractivity contribution >= 4 is 34.2 Å². The van der Waals surface area contributed by atoms with E-state index in [9.17, 15) is 4.79 Å². The molecule has 148 valence electrons. The van der Waals surface area contributed by atoms with Crippen LogP contribution in [0.5, 0.6) is 0 Å². The molecule has 1 amide bonds. The van der Waals surface area contributed by atoms with Gasteiger partial charge in [-0.05, 0) is 55.1 Å². The van der Waals surface area contributed by atoms with Crippen molar-refractivity contribution in [1.29, 1.82) is 0 Å². The second-order valence-corrected chi connectivity index (χ2v) is 9.47. The molecule has 0 radical (unpaired) electrons. The van der Waals surface area contributed by atoms with Gasteiger partial charge in [0.2, 0.25) is 0 Å². The first-order chi connectivity index (χ1) is 13.7. The molecule has 4 heterocycles. The summed E-state index contributed by atoms with van der Waals surface area (Å²) >= 11 is 3.17. The Balaban J connectivity index is 1.18. The maximum Gasteiger partial charge on any atom is 0.251 e. The highest BCUT2D eigenvalue weighted by Crippen LogP contribution is 2.33. The number of nitrogens with one attached hydrogen (secondary N) is 2. The van der Waals surface area contributed by atoms with E-state index in [1.54, 1.807) is 11.8 Å². The number of aromatic nitrogens is 1. The summed E-state index contributed by atoms with van der Waals surface area (Å²) in [5.74, 6) is 0.0270. The molecule has 5 rings (SSSR count). The number of amides is 1. The fourth-order valence-corrected chi connectivity index (χ4v) is 5.98. The van der Waals surface area contributed by atoms with Crippen LogP contribution in [0.3, 0.4) is 0 Å². The quantitative estimate of drug-likeness (QED) is 0.781. The van der Waals surface area contributed by atoms with Crippen LogP contribution in [0.1, 0.15) is 29.6 Å². The maximum atomic E-state index is 12.6. The average Bonchev–Trinajstić information content (AvgIpc) is 3.46. The van der Waals surface area contributed by atoms with Gasteiger partial charge in [0.05, 0.1) is 13.2 Å². The fraction of sp³-hybridized carbons (Fsp3) is 0.500. The molecule has 3 fully saturated rings. The number of ether oxygens (including phenoxy) is 1. The number of fused-ring (bicyclic) bond motifs is 2. The van der Waals surface area contributed by atoms with Gasteiger partial charge in [0.25, 0.3) is 5.91 Å². The second kappa shape index (κ2) is 8.02. The monoisotopic (exact) mass is 416 g/mol. The lowest BCUT2D eigenvalue weighted by Gasteiger charge is -2.26. The van der Waals surface area contributed by atoms with Crippen LogP contribution in [-0.4, -0.2) is 54.7 Å². The topological polar surface area (TPSA) is 66.5 Å². The number of nitrogens with zero attached hydrogens (tertiary/aromatic N) is 2. The molecule has 0 unspecified atom stereocenters. The van der Waals surface area contributed by atoms with E-state index in [4.69, 9.17) is 4.74 Å². The van der Waals surface area contributed by atoms with E-state index in [0.29, 0.717) is 12.1 Å². The molecule has 1 aromatic heterocycles. The lowest BCUT2D eigenvalue weighted by atomic mass is 9.95. The van der Waals surface area contributed by atoms with Gasteiger partial charge in [-0.3, -0.25) is 4.79 Å². The Morgan fingerprint density at radius 2 is 2.07 bits per heavy atom. The van der Waals surface area contributed by atoms with Crippen molar-refractivity contribution in [3.63, 3.8) is 0 Å². The molecule has 3 aliphatic rings. The third-order valence-electron chi connectivity index (χ3n) is 5.75. The third kappa shape index (κ3) is 3.91. The van der Waals surface area contributed by atoms with Crippen LogP contribution < -0.4 is 15.5 Å². The Kier molecular flexibility index (Phi) is 5.28. The Morgan fingerprint density at radius 3 is 2.79 bits per heavy atom. The van der Waals surface area contributed by atoms with Crippen molar-refractivity contribution in [3.8, 4) is 0 Å². The summed E-state index contributed by atoms with van der Waals surface area (Å²) in [6.07, 6.45) is 3.47. The van der Waals surface area contributed by atoms with Crippen LogP contribution in [0.15, 0.2) is 40.3 Å². The Labute approximate surface area is 173 Å². The largest absolute Gasteiger partial charge is 0.378 e. The van der Waals surface area contributed by atoms with E-state index >= 15 is 0 Å². The van der Waals surface area contributed by atoms with Gasteiger partial charge in [-0.15, -0.1) is 0 Å². The van der Waals surface area contributed by atoms with Crippen molar-refractivity contribution in [1.82, 2.24) is 15.0 Å². The lowest BCUT2D eigenvalue weighted by Crippen LogP contribution is -2.42. The highest BCUT2D eigenvalue weighted by Gasteiger charge is 2.39. The summed E-state index contributed by atoms with van der Waals surface area (Å²) in [6.45, 7) is 3.41. The fourth-order valence-electron chi connectivity index (χ4n) is 4.26. The molecular formula is C20H24N4O2S2. The number of benzene rings is 1. The zero-order valence-electron chi connectivity index (χ0n) is 15.6. The van der Waals surface area contributed by atoms with Gasteiger partial charge in [0, 0.05) is 47.7 Å². The van der Waals surface area contributed by atoms with Gasteiger partial charge in [0.15, 0.2) is 0 Å². The highest BCUT2D eigenvalue weighted by molar-refractivity contribution is 7.99. The number of hydrogen-bond acceptors (Lipinski definition) is 7. The SMILES string of the molecule is O=C(N[C@@H]1C[C@H]2CC[C@@H]1N2)c1ccc(Sc2cc(N3CCOCC3)sn2)cc1. The van der Waals surface area contributed by atoms with Crippen molar-refractivity contribution < 1.29 is 9.53 Å². The van der Waals surface area contributed by atoms with Crippen molar-refractivity contribution in [2.75, 3.05) is 31.2 Å². The van der Waals surface area contributed by atoms with Gasteiger partial charge in [0.1, 0.15) is 10.0 Å². The molecule has 28 heavy (non-hydrogen) atoms.